The maximum absolute atomic E-state index is 12.4. The molecule has 1 aromatic carbocycles. The maximum atomic E-state index is 12.4. The zero-order chi connectivity index (χ0) is 20.3. The van der Waals surface area contributed by atoms with Crippen LogP contribution in [0.2, 0.25) is 0 Å². The molecule has 2 heterocycles. The molecule has 1 amide bonds. The van der Waals surface area contributed by atoms with Crippen LogP contribution in [0.5, 0.6) is 5.75 Å². The Morgan fingerprint density at radius 3 is 2.61 bits per heavy atom. The Morgan fingerprint density at radius 2 is 1.93 bits per heavy atom. The zero-order valence-corrected chi connectivity index (χ0v) is 14.6. The number of amides is 1. The average Bonchev–Trinajstić information content (AvgIpc) is 2.63. The molecule has 0 aliphatic rings. The van der Waals surface area contributed by atoms with Gasteiger partial charge in [0.15, 0.2) is 0 Å². The van der Waals surface area contributed by atoms with Crippen molar-refractivity contribution in [2.24, 2.45) is 0 Å². The van der Waals surface area contributed by atoms with Crippen LogP contribution in [0.25, 0.3) is 10.8 Å². The van der Waals surface area contributed by atoms with Crippen LogP contribution in [0.4, 0.5) is 13.2 Å². The molecule has 0 spiro atoms. The predicted molar refractivity (Wildman–Crippen MR) is 93.5 cm³/mol. The second-order valence-corrected chi connectivity index (χ2v) is 5.98. The van der Waals surface area contributed by atoms with Gasteiger partial charge in [0.2, 0.25) is 5.91 Å². The SMILES string of the molecule is C[C@H](NC(=O)Cn1ncc2cnccc2c1=O)c1ccc(OC(F)(F)F)cc1. The molecule has 28 heavy (non-hydrogen) atoms. The van der Waals surface area contributed by atoms with Gasteiger partial charge in [-0.1, -0.05) is 12.1 Å². The number of benzene rings is 1. The van der Waals surface area contributed by atoms with Crippen molar-refractivity contribution in [1.29, 1.82) is 0 Å². The number of nitrogens with one attached hydrogen (secondary N) is 1. The molecule has 0 bridgehead atoms. The minimum atomic E-state index is -4.77. The number of alkyl halides is 3. The number of halogens is 3. The third-order valence-corrected chi connectivity index (χ3v) is 3.94. The van der Waals surface area contributed by atoms with E-state index >= 15 is 0 Å². The smallest absolute Gasteiger partial charge is 0.406 e. The molecule has 0 radical (unpaired) electrons. The molecular formula is C18H15F3N4O3. The van der Waals surface area contributed by atoms with Crippen LogP contribution in [-0.2, 0) is 11.3 Å². The highest BCUT2D eigenvalue weighted by atomic mass is 19.4. The normalized spacial score (nSPS) is 12.6. The van der Waals surface area contributed by atoms with E-state index < -0.39 is 23.9 Å². The van der Waals surface area contributed by atoms with Gasteiger partial charge in [0.05, 0.1) is 17.6 Å². The molecule has 3 rings (SSSR count). The van der Waals surface area contributed by atoms with E-state index in [1.54, 1.807) is 13.0 Å². The first-order chi connectivity index (χ1) is 13.2. The highest BCUT2D eigenvalue weighted by Gasteiger charge is 2.31. The molecular weight excluding hydrogens is 377 g/mol. The van der Waals surface area contributed by atoms with Crippen LogP contribution in [0, 0.1) is 0 Å². The molecule has 0 aliphatic carbocycles. The summed E-state index contributed by atoms with van der Waals surface area (Å²) in [6.45, 7) is 1.37. The van der Waals surface area contributed by atoms with Crippen LogP contribution in [-0.4, -0.2) is 27.0 Å². The molecule has 146 valence electrons. The number of hydrogen-bond donors (Lipinski definition) is 1. The lowest BCUT2D eigenvalue weighted by Crippen LogP contribution is -2.34. The maximum Gasteiger partial charge on any atom is 0.573 e. The summed E-state index contributed by atoms with van der Waals surface area (Å²) in [5.74, 6) is -0.817. The summed E-state index contributed by atoms with van der Waals surface area (Å²) in [7, 11) is 0. The average molecular weight is 392 g/mol. The van der Waals surface area contributed by atoms with Crippen molar-refractivity contribution in [3.05, 3.63) is 64.8 Å². The third kappa shape index (κ3) is 4.64. The second-order valence-electron chi connectivity index (χ2n) is 5.98. The number of pyridine rings is 1. The Balaban J connectivity index is 1.66. The molecule has 10 heteroatoms. The van der Waals surface area contributed by atoms with Crippen molar-refractivity contribution in [3.8, 4) is 5.75 Å². The number of aromatic nitrogens is 3. The van der Waals surface area contributed by atoms with Crippen molar-refractivity contribution < 1.29 is 22.7 Å². The summed E-state index contributed by atoms with van der Waals surface area (Å²) >= 11 is 0. The molecule has 3 aromatic rings. The van der Waals surface area contributed by atoms with Crippen molar-refractivity contribution in [2.75, 3.05) is 0 Å². The van der Waals surface area contributed by atoms with Crippen LogP contribution in [0.1, 0.15) is 18.5 Å². The molecule has 0 saturated heterocycles. The van der Waals surface area contributed by atoms with Crippen LogP contribution in [0.3, 0.4) is 0 Å². The molecule has 0 unspecified atom stereocenters. The van der Waals surface area contributed by atoms with Gasteiger partial charge in [-0.3, -0.25) is 14.6 Å². The van der Waals surface area contributed by atoms with E-state index in [0.29, 0.717) is 16.3 Å². The van der Waals surface area contributed by atoms with Gasteiger partial charge in [-0.05, 0) is 30.7 Å². The Labute approximate surface area is 156 Å². The van der Waals surface area contributed by atoms with Gasteiger partial charge in [0.1, 0.15) is 12.3 Å². The summed E-state index contributed by atoms with van der Waals surface area (Å²) in [5.41, 5.74) is 0.157. The first-order valence-corrected chi connectivity index (χ1v) is 8.18. The molecule has 0 saturated carbocycles. The number of ether oxygens (including phenoxy) is 1. The fraction of sp³-hybridized carbons (Fsp3) is 0.222. The van der Waals surface area contributed by atoms with Gasteiger partial charge in [0.25, 0.3) is 5.56 Å². The number of rotatable bonds is 5. The van der Waals surface area contributed by atoms with E-state index in [2.05, 4.69) is 20.1 Å². The van der Waals surface area contributed by atoms with Crippen LogP contribution < -0.4 is 15.6 Å². The Morgan fingerprint density at radius 1 is 1.21 bits per heavy atom. The lowest BCUT2D eigenvalue weighted by Gasteiger charge is -2.16. The van der Waals surface area contributed by atoms with Gasteiger partial charge in [0, 0.05) is 17.8 Å². The molecule has 1 atom stereocenters. The minimum Gasteiger partial charge on any atom is -0.406 e. The molecule has 2 aromatic heterocycles. The highest BCUT2D eigenvalue weighted by molar-refractivity contribution is 5.80. The summed E-state index contributed by atoms with van der Waals surface area (Å²) in [6.07, 6.45) is -0.345. The Hall–Kier alpha value is -3.43. The largest absolute Gasteiger partial charge is 0.573 e. The number of hydrogen-bond acceptors (Lipinski definition) is 5. The van der Waals surface area contributed by atoms with Crippen molar-refractivity contribution in [3.63, 3.8) is 0 Å². The van der Waals surface area contributed by atoms with Gasteiger partial charge in [-0.15, -0.1) is 13.2 Å². The van der Waals surface area contributed by atoms with E-state index in [-0.39, 0.29) is 12.3 Å². The van der Waals surface area contributed by atoms with E-state index in [1.165, 1.54) is 30.7 Å². The summed E-state index contributed by atoms with van der Waals surface area (Å²) in [5, 5.41) is 7.59. The lowest BCUT2D eigenvalue weighted by molar-refractivity contribution is -0.274. The van der Waals surface area contributed by atoms with Gasteiger partial charge < -0.3 is 10.1 Å². The van der Waals surface area contributed by atoms with Crippen molar-refractivity contribution in [2.45, 2.75) is 25.9 Å². The quantitative estimate of drug-likeness (QED) is 0.721. The molecule has 7 nitrogen and oxygen atoms in total. The lowest BCUT2D eigenvalue weighted by atomic mass is 10.1. The van der Waals surface area contributed by atoms with Gasteiger partial charge >= 0.3 is 6.36 Å². The first kappa shape index (κ1) is 19.3. The van der Waals surface area contributed by atoms with Crippen molar-refractivity contribution in [1.82, 2.24) is 20.1 Å². The molecule has 1 N–H and O–H groups in total. The van der Waals surface area contributed by atoms with E-state index in [1.807, 2.05) is 0 Å². The molecule has 0 fully saturated rings. The topological polar surface area (TPSA) is 86.1 Å². The summed E-state index contributed by atoms with van der Waals surface area (Å²) in [6, 6.07) is 6.21. The van der Waals surface area contributed by atoms with Crippen molar-refractivity contribution >= 4 is 16.7 Å². The number of carbonyl (C=O) groups is 1. The fourth-order valence-corrected chi connectivity index (χ4v) is 2.60. The fourth-order valence-electron chi connectivity index (χ4n) is 2.60. The zero-order valence-electron chi connectivity index (χ0n) is 14.6. The number of carbonyl (C=O) groups excluding carboxylic acids is 1. The molecule has 0 aliphatic heterocycles. The van der Waals surface area contributed by atoms with E-state index in [9.17, 15) is 22.8 Å². The first-order valence-electron chi connectivity index (χ1n) is 8.18. The second kappa shape index (κ2) is 7.67. The third-order valence-electron chi connectivity index (χ3n) is 3.94. The van der Waals surface area contributed by atoms with Crippen LogP contribution in [0.15, 0.2) is 53.7 Å². The Kier molecular flexibility index (Phi) is 5.30. The summed E-state index contributed by atoms with van der Waals surface area (Å²) in [4.78, 5) is 28.5. The number of nitrogens with zero attached hydrogens (tertiary/aromatic N) is 3. The highest BCUT2D eigenvalue weighted by Crippen LogP contribution is 2.24. The predicted octanol–water partition coefficient (Wildman–Crippen LogP) is 2.57. The Bertz CT molecular complexity index is 1050. The van der Waals surface area contributed by atoms with E-state index in [0.717, 1.165) is 16.8 Å². The summed E-state index contributed by atoms with van der Waals surface area (Å²) < 4.78 is 41.4. The van der Waals surface area contributed by atoms with Gasteiger partial charge in [-0.2, -0.15) is 5.10 Å². The van der Waals surface area contributed by atoms with Crippen LogP contribution >= 0.6 is 0 Å². The monoisotopic (exact) mass is 392 g/mol. The standard InChI is InChI=1S/C18H15F3N4O3/c1-11(12-2-4-14(5-3-12)28-18(19,20)21)24-16(26)10-25-17(27)15-6-7-22-8-13(15)9-23-25/h2-9,11H,10H2,1H3,(H,24,26)/t11-/m0/s1. The minimum absolute atomic E-state index is 0.295. The van der Waals surface area contributed by atoms with Gasteiger partial charge in [-0.25, -0.2) is 4.68 Å². The van der Waals surface area contributed by atoms with E-state index in [4.69, 9.17) is 0 Å². The number of fused-ring (bicyclic) bond motifs is 1.